The summed E-state index contributed by atoms with van der Waals surface area (Å²) in [6, 6.07) is 7.76. The first-order chi connectivity index (χ1) is 10.5. The van der Waals surface area contributed by atoms with E-state index in [0.29, 0.717) is 11.1 Å². The van der Waals surface area contributed by atoms with Crippen molar-refractivity contribution < 1.29 is 9.90 Å². The molecule has 2 fully saturated rings. The van der Waals surface area contributed by atoms with Crippen molar-refractivity contribution in [2.75, 3.05) is 19.6 Å². The quantitative estimate of drug-likeness (QED) is 0.929. The van der Waals surface area contributed by atoms with Crippen LogP contribution in [-0.2, 0) is 4.79 Å². The third-order valence-electron chi connectivity index (χ3n) is 4.88. The third-order valence-corrected chi connectivity index (χ3v) is 5.13. The molecule has 4 nitrogen and oxygen atoms in total. The van der Waals surface area contributed by atoms with Gasteiger partial charge in [0.1, 0.15) is 0 Å². The molecule has 22 heavy (non-hydrogen) atoms. The number of aliphatic hydroxyl groups excluding tert-OH is 1. The Morgan fingerprint density at radius 2 is 2.09 bits per heavy atom. The van der Waals surface area contributed by atoms with E-state index < -0.39 is 6.10 Å². The molecule has 1 N–H and O–H groups in total. The monoisotopic (exact) mass is 322 g/mol. The summed E-state index contributed by atoms with van der Waals surface area (Å²) in [5, 5.41) is 10.9. The van der Waals surface area contributed by atoms with Gasteiger partial charge in [0, 0.05) is 30.2 Å². The Hall–Kier alpha value is -1.10. The van der Waals surface area contributed by atoms with E-state index >= 15 is 0 Å². The summed E-state index contributed by atoms with van der Waals surface area (Å²) in [5.74, 6) is 0.0431. The van der Waals surface area contributed by atoms with Crippen molar-refractivity contribution in [2.45, 2.75) is 44.4 Å². The van der Waals surface area contributed by atoms with Gasteiger partial charge >= 0.3 is 0 Å². The molecule has 5 heteroatoms. The van der Waals surface area contributed by atoms with Crippen molar-refractivity contribution in [1.29, 1.82) is 0 Å². The van der Waals surface area contributed by atoms with Gasteiger partial charge in [-0.3, -0.25) is 9.69 Å². The Morgan fingerprint density at radius 3 is 2.82 bits per heavy atom. The van der Waals surface area contributed by atoms with Gasteiger partial charge in [0.2, 0.25) is 5.91 Å². The third kappa shape index (κ3) is 3.29. The second kappa shape index (κ2) is 6.57. The van der Waals surface area contributed by atoms with Crippen LogP contribution >= 0.6 is 11.6 Å². The van der Waals surface area contributed by atoms with Gasteiger partial charge in [-0.05, 0) is 44.0 Å². The summed E-state index contributed by atoms with van der Waals surface area (Å²) in [6.45, 7) is 5.01. The summed E-state index contributed by atoms with van der Waals surface area (Å²) >= 11 is 5.85. The molecule has 1 aromatic rings. The lowest BCUT2D eigenvalue weighted by molar-refractivity contribution is -0.138. The second-order valence-corrected chi connectivity index (χ2v) is 6.89. The molecule has 3 unspecified atom stereocenters. The minimum absolute atomic E-state index is 0.0431. The minimum Gasteiger partial charge on any atom is -0.388 e. The van der Waals surface area contributed by atoms with Crippen molar-refractivity contribution in [2.24, 2.45) is 0 Å². The Labute approximate surface area is 136 Å². The first kappa shape index (κ1) is 15.8. The number of aliphatic hydroxyl groups is 1. The zero-order chi connectivity index (χ0) is 15.7. The van der Waals surface area contributed by atoms with E-state index in [1.165, 1.54) is 12.8 Å². The van der Waals surface area contributed by atoms with Crippen LogP contribution in [0, 0.1) is 0 Å². The van der Waals surface area contributed by atoms with Gasteiger partial charge in [0.15, 0.2) is 0 Å². The van der Waals surface area contributed by atoms with Crippen LogP contribution in [0.1, 0.15) is 37.9 Å². The summed E-state index contributed by atoms with van der Waals surface area (Å²) in [7, 11) is 0. The number of hydrogen-bond donors (Lipinski definition) is 1. The van der Waals surface area contributed by atoms with Crippen LogP contribution in [-0.4, -0.2) is 52.5 Å². The molecule has 2 saturated heterocycles. The number of rotatable bonds is 3. The molecule has 2 heterocycles. The first-order valence-electron chi connectivity index (χ1n) is 8.01. The average Bonchev–Trinajstić information content (AvgIpc) is 2.94. The number of amides is 1. The highest BCUT2D eigenvalue weighted by atomic mass is 35.5. The van der Waals surface area contributed by atoms with E-state index in [-0.39, 0.29) is 18.4 Å². The first-order valence-corrected chi connectivity index (χ1v) is 8.39. The van der Waals surface area contributed by atoms with E-state index in [1.54, 1.807) is 24.3 Å². The van der Waals surface area contributed by atoms with Crippen LogP contribution in [0.4, 0.5) is 0 Å². The molecule has 0 aliphatic carbocycles. The fraction of sp³-hybridized carbons (Fsp3) is 0.588. The fourth-order valence-electron chi connectivity index (χ4n) is 3.62. The highest BCUT2D eigenvalue weighted by Crippen LogP contribution is 2.26. The van der Waals surface area contributed by atoms with Crippen LogP contribution < -0.4 is 0 Å². The summed E-state index contributed by atoms with van der Waals surface area (Å²) in [6.07, 6.45) is 1.78. The van der Waals surface area contributed by atoms with Crippen LogP contribution in [0.5, 0.6) is 0 Å². The van der Waals surface area contributed by atoms with Gasteiger partial charge in [-0.15, -0.1) is 0 Å². The molecule has 0 saturated carbocycles. The average molecular weight is 323 g/mol. The van der Waals surface area contributed by atoms with E-state index in [4.69, 9.17) is 11.6 Å². The van der Waals surface area contributed by atoms with Crippen molar-refractivity contribution in [3.63, 3.8) is 0 Å². The number of fused-ring (bicyclic) bond motifs is 1. The molecule has 0 aromatic heterocycles. The van der Waals surface area contributed by atoms with Gasteiger partial charge in [0.25, 0.3) is 0 Å². The number of benzene rings is 1. The molecular weight excluding hydrogens is 300 g/mol. The number of hydrogen-bond acceptors (Lipinski definition) is 3. The maximum Gasteiger partial charge on any atom is 0.225 e. The van der Waals surface area contributed by atoms with Crippen LogP contribution in [0.2, 0.25) is 5.02 Å². The molecule has 0 radical (unpaired) electrons. The smallest absolute Gasteiger partial charge is 0.225 e. The summed E-state index contributed by atoms with van der Waals surface area (Å²) in [5.41, 5.74) is 0.741. The normalized spacial score (nSPS) is 26.8. The molecule has 2 aliphatic rings. The number of nitrogens with zero attached hydrogens (tertiary/aromatic N) is 2. The Kier molecular flexibility index (Phi) is 4.71. The SMILES string of the molecule is CC1CN2CCCC2CN1C(=O)CC(O)c1ccc(Cl)cc1. The molecule has 3 atom stereocenters. The van der Waals surface area contributed by atoms with Crippen molar-refractivity contribution in [3.05, 3.63) is 34.9 Å². The fourth-order valence-corrected chi connectivity index (χ4v) is 3.75. The van der Waals surface area contributed by atoms with Crippen molar-refractivity contribution in [1.82, 2.24) is 9.80 Å². The predicted octanol–water partition coefficient (Wildman–Crippen LogP) is 2.46. The van der Waals surface area contributed by atoms with E-state index in [0.717, 1.165) is 25.2 Å². The lowest BCUT2D eigenvalue weighted by Crippen LogP contribution is -2.56. The van der Waals surface area contributed by atoms with Crippen molar-refractivity contribution in [3.8, 4) is 0 Å². The standard InChI is InChI=1S/C17H23ClN2O2/c1-12-10-19-8-2-3-15(19)11-20(12)17(22)9-16(21)13-4-6-14(18)7-5-13/h4-7,12,15-16,21H,2-3,8-11H2,1H3. The van der Waals surface area contributed by atoms with Crippen LogP contribution in [0.25, 0.3) is 0 Å². The topological polar surface area (TPSA) is 43.8 Å². The van der Waals surface area contributed by atoms with Crippen molar-refractivity contribution >= 4 is 17.5 Å². The van der Waals surface area contributed by atoms with Gasteiger partial charge in [-0.2, -0.15) is 0 Å². The van der Waals surface area contributed by atoms with E-state index in [9.17, 15) is 9.90 Å². The van der Waals surface area contributed by atoms with Gasteiger partial charge in [0.05, 0.1) is 12.5 Å². The second-order valence-electron chi connectivity index (χ2n) is 6.46. The Balaban J connectivity index is 1.62. The molecule has 0 bridgehead atoms. The Bertz CT molecular complexity index is 534. The lowest BCUT2D eigenvalue weighted by atomic mass is 10.0. The van der Waals surface area contributed by atoms with E-state index in [1.807, 2.05) is 4.90 Å². The lowest BCUT2D eigenvalue weighted by Gasteiger charge is -2.42. The summed E-state index contributed by atoms with van der Waals surface area (Å²) in [4.78, 5) is 17.0. The molecule has 120 valence electrons. The molecular formula is C17H23ClN2O2. The number of piperazine rings is 1. The van der Waals surface area contributed by atoms with Gasteiger partial charge in [-0.1, -0.05) is 23.7 Å². The highest BCUT2D eigenvalue weighted by Gasteiger charge is 2.36. The number of halogens is 1. The van der Waals surface area contributed by atoms with Gasteiger partial charge < -0.3 is 10.0 Å². The molecule has 1 aromatic carbocycles. The number of carbonyl (C=O) groups excluding carboxylic acids is 1. The predicted molar refractivity (Wildman–Crippen MR) is 86.8 cm³/mol. The molecule has 0 spiro atoms. The van der Waals surface area contributed by atoms with Gasteiger partial charge in [-0.25, -0.2) is 0 Å². The maximum atomic E-state index is 12.6. The largest absolute Gasteiger partial charge is 0.388 e. The zero-order valence-electron chi connectivity index (χ0n) is 12.9. The van der Waals surface area contributed by atoms with Crippen LogP contribution in [0.3, 0.4) is 0 Å². The maximum absolute atomic E-state index is 12.6. The number of carbonyl (C=O) groups is 1. The molecule has 3 rings (SSSR count). The highest BCUT2D eigenvalue weighted by molar-refractivity contribution is 6.30. The summed E-state index contributed by atoms with van der Waals surface area (Å²) < 4.78 is 0. The minimum atomic E-state index is -0.765. The van der Waals surface area contributed by atoms with Crippen LogP contribution in [0.15, 0.2) is 24.3 Å². The van der Waals surface area contributed by atoms with E-state index in [2.05, 4.69) is 11.8 Å². The zero-order valence-corrected chi connectivity index (χ0v) is 13.7. The Morgan fingerprint density at radius 1 is 1.36 bits per heavy atom. The molecule has 1 amide bonds. The molecule has 2 aliphatic heterocycles.